The number of amides is 2. The van der Waals surface area contributed by atoms with Gasteiger partial charge in [-0.3, -0.25) is 4.79 Å². The van der Waals surface area contributed by atoms with Gasteiger partial charge in [0.25, 0.3) is 0 Å². The van der Waals surface area contributed by atoms with Crippen molar-refractivity contribution in [1.82, 2.24) is 9.80 Å². The summed E-state index contributed by atoms with van der Waals surface area (Å²) in [5, 5.41) is 18.0. The molecule has 1 heterocycles. The Bertz CT molecular complexity index is 350. The first kappa shape index (κ1) is 14.3. The summed E-state index contributed by atoms with van der Waals surface area (Å²) in [6.45, 7) is -0.0368. The van der Waals surface area contributed by atoms with Crippen LogP contribution in [-0.2, 0) is 4.79 Å². The number of terminal acetylenes is 1. The molecule has 1 aliphatic rings. The highest BCUT2D eigenvalue weighted by molar-refractivity contribution is 5.80. The Morgan fingerprint density at radius 2 is 2.17 bits per heavy atom. The van der Waals surface area contributed by atoms with Gasteiger partial charge in [-0.2, -0.15) is 0 Å². The summed E-state index contributed by atoms with van der Waals surface area (Å²) in [5.41, 5.74) is 0. The standard InChI is InChI=1S/C12H18N2O4/c1-2-6-13(8-11(16)17)12(18)14-7-4-3-5-10(14)9-15/h1,10,15H,3-9H2,(H,16,17). The maximum absolute atomic E-state index is 12.2. The van der Waals surface area contributed by atoms with E-state index in [4.69, 9.17) is 11.5 Å². The molecule has 1 fully saturated rings. The van der Waals surface area contributed by atoms with Crippen LogP contribution in [0.4, 0.5) is 4.79 Å². The van der Waals surface area contributed by atoms with Crippen LogP contribution in [0, 0.1) is 12.3 Å². The molecular formula is C12H18N2O4. The summed E-state index contributed by atoms with van der Waals surface area (Å²) in [7, 11) is 0. The third kappa shape index (κ3) is 3.64. The van der Waals surface area contributed by atoms with E-state index < -0.39 is 18.5 Å². The summed E-state index contributed by atoms with van der Waals surface area (Å²) in [6, 6.07) is -0.644. The van der Waals surface area contributed by atoms with Crippen LogP contribution in [0.1, 0.15) is 19.3 Å². The maximum Gasteiger partial charge on any atom is 0.323 e. The Morgan fingerprint density at radius 1 is 1.44 bits per heavy atom. The Balaban J connectivity index is 2.74. The number of urea groups is 1. The summed E-state index contributed by atoms with van der Waals surface area (Å²) < 4.78 is 0. The van der Waals surface area contributed by atoms with Crippen molar-refractivity contribution in [3.8, 4) is 12.3 Å². The number of carboxylic acids is 1. The zero-order valence-electron chi connectivity index (χ0n) is 10.2. The second-order valence-electron chi connectivity index (χ2n) is 4.26. The number of piperidine rings is 1. The van der Waals surface area contributed by atoms with Crippen LogP contribution in [0.15, 0.2) is 0 Å². The number of aliphatic hydroxyl groups is 1. The lowest BCUT2D eigenvalue weighted by Crippen LogP contribution is -2.52. The number of nitrogens with zero attached hydrogens (tertiary/aromatic N) is 2. The number of hydrogen-bond acceptors (Lipinski definition) is 3. The van der Waals surface area contributed by atoms with E-state index in [1.54, 1.807) is 0 Å². The molecule has 100 valence electrons. The minimum Gasteiger partial charge on any atom is -0.480 e. The van der Waals surface area contributed by atoms with E-state index >= 15 is 0 Å². The van der Waals surface area contributed by atoms with E-state index in [0.717, 1.165) is 24.2 Å². The van der Waals surface area contributed by atoms with Crippen LogP contribution in [0.2, 0.25) is 0 Å². The molecule has 0 radical (unpaired) electrons. The lowest BCUT2D eigenvalue weighted by atomic mass is 10.0. The van der Waals surface area contributed by atoms with Gasteiger partial charge in [-0.15, -0.1) is 6.42 Å². The number of carbonyl (C=O) groups excluding carboxylic acids is 1. The van der Waals surface area contributed by atoms with Gasteiger partial charge >= 0.3 is 12.0 Å². The summed E-state index contributed by atoms with van der Waals surface area (Å²) in [5.74, 6) is 1.18. The van der Waals surface area contributed by atoms with Gasteiger partial charge in [0.2, 0.25) is 0 Å². The van der Waals surface area contributed by atoms with Crippen molar-refractivity contribution >= 4 is 12.0 Å². The molecule has 1 atom stereocenters. The first-order valence-corrected chi connectivity index (χ1v) is 5.91. The maximum atomic E-state index is 12.2. The number of rotatable bonds is 4. The highest BCUT2D eigenvalue weighted by atomic mass is 16.4. The van der Waals surface area contributed by atoms with E-state index in [2.05, 4.69) is 5.92 Å². The van der Waals surface area contributed by atoms with Crippen LogP contribution in [0.25, 0.3) is 0 Å². The van der Waals surface area contributed by atoms with Gasteiger partial charge in [-0.1, -0.05) is 5.92 Å². The Morgan fingerprint density at radius 3 is 2.72 bits per heavy atom. The Labute approximate surface area is 106 Å². The monoisotopic (exact) mass is 254 g/mol. The minimum atomic E-state index is -1.10. The van der Waals surface area contributed by atoms with Gasteiger partial charge in [0, 0.05) is 6.54 Å². The van der Waals surface area contributed by atoms with Crippen molar-refractivity contribution in [3.63, 3.8) is 0 Å². The lowest BCUT2D eigenvalue weighted by molar-refractivity contribution is -0.137. The third-order valence-electron chi connectivity index (χ3n) is 2.96. The number of aliphatic carboxylic acids is 1. The SMILES string of the molecule is C#CCN(CC(=O)O)C(=O)N1CCCCC1CO. The molecule has 1 rings (SSSR count). The summed E-state index contributed by atoms with van der Waals surface area (Å²) >= 11 is 0. The second-order valence-corrected chi connectivity index (χ2v) is 4.26. The van der Waals surface area contributed by atoms with E-state index in [9.17, 15) is 14.7 Å². The van der Waals surface area contributed by atoms with Gasteiger partial charge in [0.15, 0.2) is 0 Å². The number of hydrogen-bond donors (Lipinski definition) is 2. The smallest absolute Gasteiger partial charge is 0.323 e. The van der Waals surface area contributed by atoms with Crippen molar-refractivity contribution in [2.24, 2.45) is 0 Å². The molecule has 0 aromatic carbocycles. The highest BCUT2D eigenvalue weighted by Gasteiger charge is 2.29. The van der Waals surface area contributed by atoms with Crippen LogP contribution in [-0.4, -0.2) is 64.3 Å². The normalized spacial score (nSPS) is 19.1. The first-order valence-electron chi connectivity index (χ1n) is 5.91. The molecule has 0 saturated carbocycles. The molecule has 0 bridgehead atoms. The number of carbonyl (C=O) groups is 2. The lowest BCUT2D eigenvalue weighted by Gasteiger charge is -2.37. The molecule has 1 saturated heterocycles. The molecule has 2 amide bonds. The van der Waals surface area contributed by atoms with Crippen LogP contribution >= 0.6 is 0 Å². The molecule has 6 nitrogen and oxygen atoms in total. The zero-order chi connectivity index (χ0) is 13.5. The van der Waals surface area contributed by atoms with Gasteiger partial charge in [-0.25, -0.2) is 4.79 Å². The molecular weight excluding hydrogens is 236 g/mol. The quantitative estimate of drug-likeness (QED) is 0.690. The predicted octanol–water partition coefficient (Wildman–Crippen LogP) is -0.0270. The topological polar surface area (TPSA) is 81.1 Å². The fourth-order valence-corrected chi connectivity index (χ4v) is 2.09. The fraction of sp³-hybridized carbons (Fsp3) is 0.667. The van der Waals surface area contributed by atoms with Crippen molar-refractivity contribution in [2.75, 3.05) is 26.2 Å². The van der Waals surface area contributed by atoms with Crippen LogP contribution in [0.5, 0.6) is 0 Å². The summed E-state index contributed by atoms with van der Waals surface area (Å²) in [4.78, 5) is 25.5. The molecule has 18 heavy (non-hydrogen) atoms. The van der Waals surface area contributed by atoms with E-state index in [1.165, 1.54) is 4.90 Å². The van der Waals surface area contributed by atoms with Crippen LogP contribution < -0.4 is 0 Å². The Kier molecular flexibility index (Phi) is 5.46. The van der Waals surface area contributed by atoms with Crippen molar-refractivity contribution in [3.05, 3.63) is 0 Å². The molecule has 1 unspecified atom stereocenters. The number of carboxylic acid groups (broad SMARTS) is 1. The largest absolute Gasteiger partial charge is 0.480 e. The van der Waals surface area contributed by atoms with Gasteiger partial charge in [0.05, 0.1) is 19.2 Å². The Hall–Kier alpha value is -1.74. The number of likely N-dealkylation sites (tertiary alicyclic amines) is 1. The minimum absolute atomic E-state index is 0.0419. The molecule has 1 aliphatic heterocycles. The molecule has 0 aromatic rings. The van der Waals surface area contributed by atoms with E-state index in [0.29, 0.717) is 6.54 Å². The van der Waals surface area contributed by atoms with Gasteiger partial charge in [-0.05, 0) is 19.3 Å². The first-order chi connectivity index (χ1) is 8.60. The van der Waals surface area contributed by atoms with Gasteiger partial charge < -0.3 is 20.0 Å². The van der Waals surface area contributed by atoms with Crippen molar-refractivity contribution < 1.29 is 19.8 Å². The third-order valence-corrected chi connectivity index (χ3v) is 2.96. The predicted molar refractivity (Wildman–Crippen MR) is 64.9 cm³/mol. The van der Waals surface area contributed by atoms with Crippen molar-refractivity contribution in [1.29, 1.82) is 0 Å². The molecule has 0 spiro atoms. The molecule has 2 N–H and O–H groups in total. The highest BCUT2D eigenvalue weighted by Crippen LogP contribution is 2.18. The number of aliphatic hydroxyl groups excluding tert-OH is 1. The summed E-state index contributed by atoms with van der Waals surface area (Å²) in [6.07, 6.45) is 7.69. The second kappa shape index (κ2) is 6.87. The van der Waals surface area contributed by atoms with Crippen LogP contribution in [0.3, 0.4) is 0 Å². The fourth-order valence-electron chi connectivity index (χ4n) is 2.09. The zero-order valence-corrected chi connectivity index (χ0v) is 10.2. The average molecular weight is 254 g/mol. The molecule has 0 aromatic heterocycles. The van der Waals surface area contributed by atoms with E-state index in [1.807, 2.05) is 0 Å². The van der Waals surface area contributed by atoms with Gasteiger partial charge in [0.1, 0.15) is 6.54 Å². The average Bonchev–Trinajstić information content (AvgIpc) is 2.37. The molecule has 6 heteroatoms. The van der Waals surface area contributed by atoms with Crippen molar-refractivity contribution in [2.45, 2.75) is 25.3 Å². The molecule has 0 aliphatic carbocycles. The van der Waals surface area contributed by atoms with E-state index in [-0.39, 0.29) is 19.2 Å².